The van der Waals surface area contributed by atoms with E-state index >= 15 is 0 Å². The van der Waals surface area contributed by atoms with Crippen molar-refractivity contribution in [1.29, 1.82) is 0 Å². The van der Waals surface area contributed by atoms with E-state index < -0.39 is 15.9 Å². The quantitative estimate of drug-likeness (QED) is 0.670. The largest absolute Gasteiger partial charge is 0.496 e. The topological polar surface area (TPSA) is 84.9 Å². The van der Waals surface area contributed by atoms with Gasteiger partial charge in [0.25, 0.3) is 5.91 Å². The lowest BCUT2D eigenvalue weighted by Gasteiger charge is -2.20. The van der Waals surface area contributed by atoms with Gasteiger partial charge in [0.1, 0.15) is 11.5 Å². The molecule has 7 nitrogen and oxygen atoms in total. The Bertz CT molecular complexity index is 982. The molecule has 2 aromatic rings. The molecule has 1 fully saturated rings. The van der Waals surface area contributed by atoms with Crippen molar-refractivity contribution >= 4 is 15.9 Å². The van der Waals surface area contributed by atoms with Gasteiger partial charge in [0.2, 0.25) is 10.0 Å². The number of hydrogen-bond acceptors (Lipinski definition) is 5. The van der Waals surface area contributed by atoms with E-state index in [1.807, 2.05) is 31.2 Å². The number of methoxy groups -OCH3 is 1. The molecule has 1 N–H and O–H groups in total. The highest BCUT2D eigenvalue weighted by Crippen LogP contribution is 2.26. The summed E-state index contributed by atoms with van der Waals surface area (Å²) in [7, 11) is -2.20. The smallest absolute Gasteiger partial charge is 0.255 e. The third-order valence-electron chi connectivity index (χ3n) is 5.31. The average molecular weight is 447 g/mol. The first-order chi connectivity index (χ1) is 15.0. The predicted octanol–water partition coefficient (Wildman–Crippen LogP) is 3.59. The summed E-state index contributed by atoms with van der Waals surface area (Å²) in [6.45, 7) is 3.83. The minimum absolute atomic E-state index is 0.112. The molecule has 0 bridgehead atoms. The molecule has 0 unspecified atom stereocenters. The number of ether oxygens (including phenoxy) is 2. The molecule has 31 heavy (non-hydrogen) atoms. The van der Waals surface area contributed by atoms with Gasteiger partial charge in [-0.2, -0.15) is 4.31 Å². The van der Waals surface area contributed by atoms with Gasteiger partial charge in [-0.3, -0.25) is 4.79 Å². The van der Waals surface area contributed by atoms with Crippen LogP contribution >= 0.6 is 0 Å². The molecule has 1 aliphatic heterocycles. The van der Waals surface area contributed by atoms with Gasteiger partial charge in [0.05, 0.1) is 24.2 Å². The Balaban J connectivity index is 1.77. The Hall–Kier alpha value is -2.58. The van der Waals surface area contributed by atoms with Crippen LogP contribution in [0.1, 0.15) is 48.5 Å². The van der Waals surface area contributed by atoms with Gasteiger partial charge < -0.3 is 14.8 Å². The van der Waals surface area contributed by atoms with Crippen molar-refractivity contribution in [3.05, 3.63) is 53.6 Å². The molecule has 2 aromatic carbocycles. The molecule has 0 atom stereocenters. The molecule has 1 aliphatic rings. The number of carbonyl (C=O) groups excluding carboxylic acids is 1. The lowest BCUT2D eigenvalue weighted by Crippen LogP contribution is -2.32. The molecule has 8 heteroatoms. The van der Waals surface area contributed by atoms with Crippen molar-refractivity contribution in [3.8, 4) is 11.5 Å². The fourth-order valence-electron chi connectivity index (χ4n) is 3.60. The van der Waals surface area contributed by atoms with E-state index in [9.17, 15) is 13.2 Å². The summed E-state index contributed by atoms with van der Waals surface area (Å²) in [6, 6.07) is 11.9. The van der Waals surface area contributed by atoms with E-state index in [2.05, 4.69) is 5.32 Å². The number of sulfonamides is 1. The van der Waals surface area contributed by atoms with Crippen LogP contribution in [-0.2, 0) is 16.6 Å². The summed E-state index contributed by atoms with van der Waals surface area (Å²) in [5.74, 6) is 0.711. The summed E-state index contributed by atoms with van der Waals surface area (Å²) in [4.78, 5) is 13.0. The zero-order valence-corrected chi connectivity index (χ0v) is 18.9. The van der Waals surface area contributed by atoms with Crippen LogP contribution < -0.4 is 14.8 Å². The molecule has 1 heterocycles. The van der Waals surface area contributed by atoms with Crippen LogP contribution in [0.25, 0.3) is 0 Å². The van der Waals surface area contributed by atoms with Crippen LogP contribution in [0.4, 0.5) is 0 Å². The van der Waals surface area contributed by atoms with Crippen molar-refractivity contribution in [2.24, 2.45) is 0 Å². The average Bonchev–Trinajstić information content (AvgIpc) is 3.08. The number of nitrogens with zero attached hydrogens (tertiary/aromatic N) is 1. The van der Waals surface area contributed by atoms with E-state index in [4.69, 9.17) is 9.47 Å². The van der Waals surface area contributed by atoms with E-state index in [0.29, 0.717) is 32.0 Å². The highest BCUT2D eigenvalue weighted by atomic mass is 32.2. The Morgan fingerprint density at radius 3 is 2.32 bits per heavy atom. The van der Waals surface area contributed by atoms with Crippen LogP contribution in [0.5, 0.6) is 11.5 Å². The maximum atomic E-state index is 13.1. The molecular weight excluding hydrogens is 416 g/mol. The van der Waals surface area contributed by atoms with Crippen molar-refractivity contribution < 1.29 is 22.7 Å². The van der Waals surface area contributed by atoms with Gasteiger partial charge in [-0.05, 0) is 55.7 Å². The maximum absolute atomic E-state index is 13.1. The summed E-state index contributed by atoms with van der Waals surface area (Å²) < 4.78 is 38.5. The number of benzene rings is 2. The van der Waals surface area contributed by atoms with E-state index in [1.54, 1.807) is 0 Å². The van der Waals surface area contributed by atoms with Crippen LogP contribution in [-0.4, -0.2) is 45.4 Å². The Kier molecular flexibility index (Phi) is 7.92. The van der Waals surface area contributed by atoms with Crippen molar-refractivity contribution in [2.75, 3.05) is 26.8 Å². The summed E-state index contributed by atoms with van der Waals surface area (Å²) in [6.07, 6.45) is 3.78. The summed E-state index contributed by atoms with van der Waals surface area (Å²) in [5, 5.41) is 2.84. The third kappa shape index (κ3) is 5.77. The van der Waals surface area contributed by atoms with Gasteiger partial charge in [0, 0.05) is 19.6 Å². The lowest BCUT2D eigenvalue weighted by molar-refractivity contribution is 0.0947. The molecule has 168 valence electrons. The molecule has 1 saturated heterocycles. The molecular formula is C23H30N2O5S. The fraction of sp³-hybridized carbons (Fsp3) is 0.435. The van der Waals surface area contributed by atoms with Crippen molar-refractivity contribution in [1.82, 2.24) is 9.62 Å². The number of rotatable bonds is 8. The first kappa shape index (κ1) is 23.1. The molecule has 0 spiro atoms. The lowest BCUT2D eigenvalue weighted by atomic mass is 10.1. The number of hydrogen-bond donors (Lipinski definition) is 1. The SMILES string of the molecule is CCOc1ccc(CNC(=O)c2cc(S(=O)(=O)N3CCCCCC3)ccc2OC)cc1. The summed E-state index contributed by atoms with van der Waals surface area (Å²) in [5.41, 5.74) is 1.11. The second-order valence-corrected chi connectivity index (χ2v) is 9.38. The second kappa shape index (κ2) is 10.6. The normalized spacial score (nSPS) is 15.2. The van der Waals surface area contributed by atoms with E-state index in [1.165, 1.54) is 29.6 Å². The predicted molar refractivity (Wildman–Crippen MR) is 119 cm³/mol. The molecule has 0 aliphatic carbocycles. The van der Waals surface area contributed by atoms with Crippen LogP contribution in [0, 0.1) is 0 Å². The molecule has 0 saturated carbocycles. The van der Waals surface area contributed by atoms with Crippen LogP contribution in [0.15, 0.2) is 47.4 Å². The van der Waals surface area contributed by atoms with E-state index in [-0.39, 0.29) is 10.5 Å². The Morgan fingerprint density at radius 1 is 1.03 bits per heavy atom. The zero-order chi connectivity index (χ0) is 22.3. The van der Waals surface area contributed by atoms with Gasteiger partial charge in [0.15, 0.2) is 0 Å². The van der Waals surface area contributed by atoms with Crippen molar-refractivity contribution in [3.63, 3.8) is 0 Å². The first-order valence-electron chi connectivity index (χ1n) is 10.6. The molecule has 3 rings (SSSR count). The number of nitrogens with one attached hydrogen (secondary N) is 1. The second-order valence-electron chi connectivity index (χ2n) is 7.44. The van der Waals surface area contributed by atoms with Gasteiger partial charge >= 0.3 is 0 Å². The number of amides is 1. The fourth-order valence-corrected chi connectivity index (χ4v) is 5.15. The summed E-state index contributed by atoms with van der Waals surface area (Å²) >= 11 is 0. The van der Waals surface area contributed by atoms with Gasteiger partial charge in [-0.25, -0.2) is 8.42 Å². The maximum Gasteiger partial charge on any atom is 0.255 e. The van der Waals surface area contributed by atoms with Gasteiger partial charge in [-0.1, -0.05) is 25.0 Å². The monoisotopic (exact) mass is 446 g/mol. The minimum Gasteiger partial charge on any atom is -0.496 e. The standard InChI is InChI=1S/C23H30N2O5S/c1-3-30-19-10-8-18(9-11-19)17-24-23(26)21-16-20(12-13-22(21)29-2)31(27,28)25-14-6-4-5-7-15-25/h8-13,16H,3-7,14-15,17H2,1-2H3,(H,24,26). The molecule has 1 amide bonds. The highest BCUT2D eigenvalue weighted by Gasteiger charge is 2.27. The van der Waals surface area contributed by atoms with Crippen LogP contribution in [0.2, 0.25) is 0 Å². The van der Waals surface area contributed by atoms with Crippen LogP contribution in [0.3, 0.4) is 0 Å². The third-order valence-corrected chi connectivity index (χ3v) is 7.20. The Morgan fingerprint density at radius 2 is 1.71 bits per heavy atom. The number of carbonyl (C=O) groups is 1. The molecule has 0 aromatic heterocycles. The van der Waals surface area contributed by atoms with E-state index in [0.717, 1.165) is 37.0 Å². The highest BCUT2D eigenvalue weighted by molar-refractivity contribution is 7.89. The molecule has 0 radical (unpaired) electrons. The zero-order valence-electron chi connectivity index (χ0n) is 18.1. The van der Waals surface area contributed by atoms with Crippen molar-refractivity contribution in [2.45, 2.75) is 44.0 Å². The Labute approximate surface area is 184 Å². The minimum atomic E-state index is -3.66. The van der Waals surface area contributed by atoms with Gasteiger partial charge in [-0.15, -0.1) is 0 Å². The first-order valence-corrected chi connectivity index (χ1v) is 12.1.